The van der Waals surface area contributed by atoms with Gasteiger partial charge in [0.05, 0.1) is 17.9 Å². The SMILES string of the molecule is CC1(C)OC(=O)c2ccc(Nc3cc(N4CC[C@H](O)[C@H](N)C4)c(-c4cnn(CC(F)(F)F)c4)cn3)nc21. The normalized spacial score (nSPS) is 21.1. The van der Waals surface area contributed by atoms with Crippen molar-refractivity contribution in [2.75, 3.05) is 23.3 Å². The molecule has 13 heteroatoms. The number of piperidine rings is 1. The highest BCUT2D eigenvalue weighted by Crippen LogP contribution is 2.37. The van der Waals surface area contributed by atoms with Crippen molar-refractivity contribution in [1.29, 1.82) is 0 Å². The van der Waals surface area contributed by atoms with E-state index in [1.807, 2.05) is 4.90 Å². The van der Waals surface area contributed by atoms with Crippen molar-refractivity contribution in [1.82, 2.24) is 19.7 Å². The number of alkyl halides is 3. The molecule has 3 aromatic rings. The van der Waals surface area contributed by atoms with E-state index in [9.17, 15) is 23.1 Å². The van der Waals surface area contributed by atoms with Crippen molar-refractivity contribution in [3.63, 3.8) is 0 Å². The second kappa shape index (κ2) is 8.99. The summed E-state index contributed by atoms with van der Waals surface area (Å²) in [5.41, 5.74) is 7.85. The van der Waals surface area contributed by atoms with Gasteiger partial charge in [-0.05, 0) is 32.4 Å². The van der Waals surface area contributed by atoms with Gasteiger partial charge in [-0.25, -0.2) is 14.8 Å². The minimum absolute atomic E-state index is 0.346. The molecule has 0 unspecified atom stereocenters. The van der Waals surface area contributed by atoms with Gasteiger partial charge in [-0.3, -0.25) is 4.68 Å². The molecule has 2 aliphatic heterocycles. The number of rotatable bonds is 5. The molecule has 5 rings (SSSR count). The van der Waals surface area contributed by atoms with Crippen LogP contribution in [0.1, 0.15) is 36.3 Å². The summed E-state index contributed by atoms with van der Waals surface area (Å²) in [6.45, 7) is 3.14. The lowest BCUT2D eigenvalue weighted by molar-refractivity contribution is -0.142. The van der Waals surface area contributed by atoms with Crippen LogP contribution < -0.4 is 16.0 Å². The number of esters is 1. The van der Waals surface area contributed by atoms with Crippen LogP contribution in [0.5, 0.6) is 0 Å². The number of pyridine rings is 2. The van der Waals surface area contributed by atoms with Crippen LogP contribution in [-0.4, -0.2) is 62.2 Å². The summed E-state index contributed by atoms with van der Waals surface area (Å²) in [7, 11) is 0. The number of aliphatic hydroxyl groups is 1. The van der Waals surface area contributed by atoms with Gasteiger partial charge in [0.25, 0.3) is 0 Å². The fourth-order valence-corrected chi connectivity index (χ4v) is 4.58. The number of nitrogens with zero attached hydrogens (tertiary/aromatic N) is 5. The van der Waals surface area contributed by atoms with Crippen molar-refractivity contribution in [3.8, 4) is 11.1 Å². The van der Waals surface area contributed by atoms with Crippen molar-refractivity contribution in [2.45, 2.75) is 50.7 Å². The average molecular weight is 518 g/mol. The molecule has 0 radical (unpaired) electrons. The van der Waals surface area contributed by atoms with Crippen molar-refractivity contribution >= 4 is 23.3 Å². The van der Waals surface area contributed by atoms with E-state index in [1.54, 1.807) is 38.2 Å². The van der Waals surface area contributed by atoms with Gasteiger partial charge in [0, 0.05) is 54.4 Å². The summed E-state index contributed by atoms with van der Waals surface area (Å²) in [5, 5.41) is 17.1. The third kappa shape index (κ3) is 5.09. The smallest absolute Gasteiger partial charge is 0.408 e. The highest BCUT2D eigenvalue weighted by molar-refractivity contribution is 5.94. The van der Waals surface area contributed by atoms with Crippen LogP contribution in [0.15, 0.2) is 36.8 Å². The largest absolute Gasteiger partial charge is 0.449 e. The van der Waals surface area contributed by atoms with E-state index in [1.165, 1.54) is 12.4 Å². The number of nitrogens with one attached hydrogen (secondary N) is 1. The molecule has 4 N–H and O–H groups in total. The van der Waals surface area contributed by atoms with Crippen LogP contribution in [0.25, 0.3) is 11.1 Å². The molecule has 1 fully saturated rings. The number of anilines is 3. The van der Waals surface area contributed by atoms with Crippen molar-refractivity contribution in [2.24, 2.45) is 5.73 Å². The Balaban J connectivity index is 1.49. The van der Waals surface area contributed by atoms with Crippen LogP contribution in [-0.2, 0) is 16.9 Å². The first-order valence-corrected chi connectivity index (χ1v) is 11.7. The zero-order valence-corrected chi connectivity index (χ0v) is 20.2. The first-order valence-electron chi connectivity index (χ1n) is 11.7. The van der Waals surface area contributed by atoms with E-state index in [4.69, 9.17) is 10.5 Å². The Morgan fingerprint density at radius 3 is 2.76 bits per heavy atom. The lowest BCUT2D eigenvalue weighted by Gasteiger charge is -2.36. The van der Waals surface area contributed by atoms with Crippen molar-refractivity contribution < 1.29 is 27.8 Å². The van der Waals surface area contributed by atoms with Gasteiger partial charge < -0.3 is 25.8 Å². The summed E-state index contributed by atoms with van der Waals surface area (Å²) < 4.78 is 44.8. The van der Waals surface area contributed by atoms with Gasteiger partial charge in [0.2, 0.25) is 0 Å². The number of nitrogens with two attached hydrogens (primary N) is 1. The maximum absolute atomic E-state index is 12.9. The number of ether oxygens (including phenoxy) is 1. The van der Waals surface area contributed by atoms with Crippen LogP contribution in [0.2, 0.25) is 0 Å². The zero-order valence-electron chi connectivity index (χ0n) is 20.2. The number of aliphatic hydroxyl groups excluding tert-OH is 1. The number of aromatic nitrogens is 4. The fourth-order valence-electron chi connectivity index (χ4n) is 4.58. The van der Waals surface area contributed by atoms with Gasteiger partial charge in [-0.15, -0.1) is 0 Å². The first kappa shape index (κ1) is 25.0. The summed E-state index contributed by atoms with van der Waals surface area (Å²) in [6, 6.07) is 4.54. The number of cyclic esters (lactones) is 1. The van der Waals surface area contributed by atoms with Gasteiger partial charge >= 0.3 is 12.1 Å². The van der Waals surface area contributed by atoms with Crippen molar-refractivity contribution in [3.05, 3.63) is 48.0 Å². The second-order valence-corrected chi connectivity index (χ2v) is 9.71. The highest BCUT2D eigenvalue weighted by atomic mass is 19.4. The molecule has 2 atom stereocenters. The minimum atomic E-state index is -4.40. The maximum Gasteiger partial charge on any atom is 0.408 e. The summed E-state index contributed by atoms with van der Waals surface area (Å²) >= 11 is 0. The molecule has 196 valence electrons. The topological polar surface area (TPSA) is 131 Å². The monoisotopic (exact) mass is 517 g/mol. The Morgan fingerprint density at radius 2 is 2.03 bits per heavy atom. The molecule has 0 bridgehead atoms. The average Bonchev–Trinajstić information content (AvgIpc) is 3.35. The molecule has 37 heavy (non-hydrogen) atoms. The fraction of sp³-hybridized carbons (Fsp3) is 0.417. The van der Waals surface area contributed by atoms with Gasteiger partial charge in [-0.2, -0.15) is 18.3 Å². The third-order valence-electron chi connectivity index (χ3n) is 6.42. The molecule has 1 saturated heterocycles. The summed E-state index contributed by atoms with van der Waals surface area (Å²) in [4.78, 5) is 23.0. The lowest BCUT2D eigenvalue weighted by atomic mass is 10.0. The second-order valence-electron chi connectivity index (χ2n) is 9.71. The molecule has 0 aromatic carbocycles. The van der Waals surface area contributed by atoms with Crippen LogP contribution >= 0.6 is 0 Å². The summed E-state index contributed by atoms with van der Waals surface area (Å²) in [6.07, 6.45) is -0.374. The first-order chi connectivity index (χ1) is 17.4. The number of hydrogen-bond acceptors (Lipinski definition) is 9. The van der Waals surface area contributed by atoms with Gasteiger partial charge in [0.15, 0.2) is 0 Å². The lowest BCUT2D eigenvalue weighted by Crippen LogP contribution is -2.51. The van der Waals surface area contributed by atoms with E-state index >= 15 is 0 Å². The molecule has 0 amide bonds. The molecule has 10 nitrogen and oxygen atoms in total. The van der Waals surface area contributed by atoms with E-state index in [0.717, 1.165) is 4.68 Å². The van der Waals surface area contributed by atoms with E-state index in [0.29, 0.717) is 59.2 Å². The number of fused-ring (bicyclic) bond motifs is 1. The van der Waals surface area contributed by atoms with Crippen LogP contribution in [0.3, 0.4) is 0 Å². The molecule has 2 aliphatic rings. The Morgan fingerprint density at radius 1 is 1.24 bits per heavy atom. The quantitative estimate of drug-likeness (QED) is 0.437. The van der Waals surface area contributed by atoms with Crippen LogP contribution in [0.4, 0.5) is 30.5 Å². The molecule has 0 spiro atoms. The number of carbonyl (C=O) groups is 1. The van der Waals surface area contributed by atoms with E-state index in [-0.39, 0.29) is 0 Å². The zero-order chi connectivity index (χ0) is 26.5. The van der Waals surface area contributed by atoms with Gasteiger partial charge in [0.1, 0.15) is 29.5 Å². The number of hydrogen-bond donors (Lipinski definition) is 3. The van der Waals surface area contributed by atoms with E-state index in [2.05, 4.69) is 20.4 Å². The highest BCUT2D eigenvalue weighted by Gasteiger charge is 2.39. The standard InChI is InChI=1S/C24H26F3N7O3/c1-23(2)21-14(22(36)37-23)3-4-19(32-21)31-20-7-17(33-6-5-18(35)16(28)11-33)15(9-29-20)13-8-30-34(10-13)12-24(25,26)27/h3-4,7-10,16,18,35H,5-6,11-12,28H2,1-2H3,(H,29,31,32)/t16-,18+/m1/s1. The van der Waals surface area contributed by atoms with Crippen LogP contribution in [0, 0.1) is 0 Å². The molecular formula is C24H26F3N7O3. The predicted octanol–water partition coefficient (Wildman–Crippen LogP) is 2.95. The Kier molecular flexibility index (Phi) is 6.07. The Bertz CT molecular complexity index is 1340. The maximum atomic E-state index is 12.9. The Labute approximate surface area is 210 Å². The number of halogens is 3. The minimum Gasteiger partial charge on any atom is -0.449 e. The molecule has 5 heterocycles. The number of carbonyl (C=O) groups excluding carboxylic acids is 1. The molecular weight excluding hydrogens is 491 g/mol. The summed E-state index contributed by atoms with van der Waals surface area (Å²) in [5.74, 6) is 0.440. The predicted molar refractivity (Wildman–Crippen MR) is 128 cm³/mol. The van der Waals surface area contributed by atoms with E-state index < -0.39 is 36.4 Å². The van der Waals surface area contributed by atoms with Gasteiger partial charge in [-0.1, -0.05) is 0 Å². The molecule has 3 aromatic heterocycles. The molecule has 0 saturated carbocycles. The third-order valence-corrected chi connectivity index (χ3v) is 6.42. The Hall–Kier alpha value is -3.71. The molecule has 0 aliphatic carbocycles.